The molecule has 0 radical (unpaired) electrons. The van der Waals surface area contributed by atoms with Gasteiger partial charge in [-0.25, -0.2) is 0 Å². The molecule has 3 N–H and O–H groups in total. The molecule has 0 saturated carbocycles. The minimum atomic E-state index is -4.94. The summed E-state index contributed by atoms with van der Waals surface area (Å²) in [7, 11) is -13.4. The van der Waals surface area contributed by atoms with Crippen molar-refractivity contribution < 1.29 is 43.6 Å². The van der Waals surface area contributed by atoms with Crippen LogP contribution in [-0.4, -0.2) is 135 Å². The van der Waals surface area contributed by atoms with E-state index >= 15 is 0 Å². The first kappa shape index (κ1) is 31.5. The van der Waals surface area contributed by atoms with Crippen LogP contribution < -0.4 is 4.74 Å². The maximum atomic E-state index is 11.9. The first-order chi connectivity index (χ1) is 13.7. The molecule has 10 nitrogen and oxygen atoms in total. The molecule has 0 aliphatic rings. The van der Waals surface area contributed by atoms with E-state index in [2.05, 4.69) is 0 Å². The van der Waals surface area contributed by atoms with Crippen LogP contribution in [0.5, 0.6) is 5.75 Å². The zero-order valence-corrected chi connectivity index (χ0v) is 17.3. The fourth-order valence-electron chi connectivity index (χ4n) is 3.68. The van der Waals surface area contributed by atoms with E-state index < -0.39 is 45.0 Å². The summed E-state index contributed by atoms with van der Waals surface area (Å²) in [6, 6.07) is 6.77. The normalized spacial score (nSPS) is 12.2. The van der Waals surface area contributed by atoms with Gasteiger partial charge in [-0.1, -0.05) is 18.2 Å². The zero-order chi connectivity index (χ0) is 22.2. The standard InChI is InChI=1S/C17H12O10S3.3Na.3H/c1-27-12-6-13(28(18,19)20)9-4-5-11-15(30(24,25)26)7-14(29(21,22)23)10-3-2-8(12)16(9)17(10)11;;;;;;/h2-7H,1H3,(H,18,19,20)(H,21,22,23)(H,24,25,26);;;;;;. The van der Waals surface area contributed by atoms with Crippen molar-refractivity contribution in [1.82, 2.24) is 0 Å². The third kappa shape index (κ3) is 5.43. The molecule has 0 aliphatic heterocycles. The first-order valence-electron chi connectivity index (χ1n) is 8.00. The Morgan fingerprint density at radius 1 is 0.576 bits per heavy atom. The number of benzene rings is 4. The predicted molar refractivity (Wildman–Crippen MR) is 128 cm³/mol. The Balaban J connectivity index is 0.00000181. The van der Waals surface area contributed by atoms with Crippen LogP contribution >= 0.6 is 0 Å². The first-order valence-corrected chi connectivity index (χ1v) is 12.3. The number of ether oxygens (including phenoxy) is 1. The van der Waals surface area contributed by atoms with Gasteiger partial charge >= 0.3 is 88.7 Å². The monoisotopic (exact) mass is 544 g/mol. The van der Waals surface area contributed by atoms with Crippen molar-refractivity contribution in [2.45, 2.75) is 14.7 Å². The topological polar surface area (TPSA) is 172 Å². The summed E-state index contributed by atoms with van der Waals surface area (Å²) in [5, 5.41) is 0.0101. The van der Waals surface area contributed by atoms with Crippen molar-refractivity contribution in [2.24, 2.45) is 0 Å². The van der Waals surface area contributed by atoms with Crippen molar-refractivity contribution >= 4 is 151 Å². The van der Waals surface area contributed by atoms with Gasteiger partial charge in [0.25, 0.3) is 30.4 Å². The Morgan fingerprint density at radius 2 is 0.879 bits per heavy atom. The van der Waals surface area contributed by atoms with E-state index in [-0.39, 0.29) is 127 Å². The summed E-state index contributed by atoms with van der Waals surface area (Å²) >= 11 is 0. The van der Waals surface area contributed by atoms with Gasteiger partial charge in [0.2, 0.25) is 0 Å². The van der Waals surface area contributed by atoms with Crippen molar-refractivity contribution in [3.8, 4) is 5.75 Å². The second kappa shape index (κ2) is 10.4. The van der Waals surface area contributed by atoms with Gasteiger partial charge in [-0.05, 0) is 12.1 Å². The van der Waals surface area contributed by atoms with Crippen molar-refractivity contribution in [1.29, 1.82) is 0 Å². The van der Waals surface area contributed by atoms with Crippen LogP contribution in [0.25, 0.3) is 32.3 Å². The van der Waals surface area contributed by atoms with Crippen LogP contribution in [0.3, 0.4) is 0 Å². The number of methoxy groups -OCH3 is 1. The average molecular weight is 544 g/mol. The van der Waals surface area contributed by atoms with Gasteiger partial charge in [0.1, 0.15) is 20.4 Å². The molecular weight excluding hydrogens is 529 g/mol. The third-order valence-electron chi connectivity index (χ3n) is 4.80. The van der Waals surface area contributed by atoms with E-state index in [9.17, 15) is 38.9 Å². The molecule has 0 atom stereocenters. The maximum absolute atomic E-state index is 11.9. The van der Waals surface area contributed by atoms with E-state index in [1.807, 2.05) is 0 Å². The van der Waals surface area contributed by atoms with Gasteiger partial charge < -0.3 is 4.74 Å². The van der Waals surface area contributed by atoms with Crippen LogP contribution in [0.4, 0.5) is 0 Å². The van der Waals surface area contributed by atoms with E-state index in [1.54, 1.807) is 0 Å². The summed E-state index contributed by atoms with van der Waals surface area (Å²) in [6.45, 7) is 0. The second-order valence-electron chi connectivity index (χ2n) is 6.45. The van der Waals surface area contributed by atoms with Crippen LogP contribution in [0.1, 0.15) is 0 Å². The van der Waals surface area contributed by atoms with Crippen LogP contribution in [0, 0.1) is 0 Å². The van der Waals surface area contributed by atoms with Gasteiger partial charge in [-0.15, -0.1) is 0 Å². The molecule has 0 saturated heterocycles. The molecule has 0 aromatic heterocycles. The molecule has 16 heteroatoms. The molecule has 0 aliphatic carbocycles. The van der Waals surface area contributed by atoms with E-state index in [4.69, 9.17) is 4.74 Å². The van der Waals surface area contributed by atoms with Gasteiger partial charge in [0, 0.05) is 38.4 Å². The summed E-state index contributed by atoms with van der Waals surface area (Å²) in [4.78, 5) is -2.14. The number of hydrogen-bond donors (Lipinski definition) is 3. The predicted octanol–water partition coefficient (Wildman–Crippen LogP) is 0.387. The number of hydrogen-bond acceptors (Lipinski definition) is 7. The second-order valence-corrected chi connectivity index (χ2v) is 10.6. The van der Waals surface area contributed by atoms with Crippen LogP contribution in [0.15, 0.2) is 51.1 Å². The van der Waals surface area contributed by atoms with Gasteiger partial charge in [-0.2, -0.15) is 25.3 Å². The summed E-state index contributed by atoms with van der Waals surface area (Å²) in [5.74, 6) is 0.00943. The van der Waals surface area contributed by atoms with E-state index in [1.165, 1.54) is 31.4 Å². The van der Waals surface area contributed by atoms with Gasteiger partial charge in [-0.3, -0.25) is 13.7 Å². The molecule has 4 rings (SSSR count). The van der Waals surface area contributed by atoms with E-state index in [0.717, 1.165) is 6.07 Å². The molecule has 4 aromatic carbocycles. The molecule has 0 unspecified atom stereocenters. The van der Waals surface area contributed by atoms with Crippen molar-refractivity contribution in [3.63, 3.8) is 0 Å². The zero-order valence-electron chi connectivity index (χ0n) is 14.9. The Kier molecular flexibility index (Phi) is 9.96. The molecule has 164 valence electrons. The van der Waals surface area contributed by atoms with Gasteiger partial charge in [0.05, 0.1) is 7.11 Å². The molecule has 0 bridgehead atoms. The molecule has 0 spiro atoms. The molecular formula is C17H15Na3O10S3. The fourth-order valence-corrected chi connectivity index (χ4v) is 5.88. The average Bonchev–Trinajstić information content (AvgIpc) is 2.62. The van der Waals surface area contributed by atoms with Crippen molar-refractivity contribution in [3.05, 3.63) is 36.4 Å². The Bertz CT molecular complexity index is 1650. The van der Waals surface area contributed by atoms with Crippen molar-refractivity contribution in [2.75, 3.05) is 7.11 Å². The SMILES string of the molecule is COc1cc(S(=O)(=O)O)c2ccc3c(S(=O)(=O)O)cc(S(=O)(=O)O)c4ccc1c2c43.[NaH].[NaH].[NaH]. The molecule has 33 heavy (non-hydrogen) atoms. The minimum absolute atomic E-state index is 0. The fraction of sp³-hybridized carbons (Fsp3) is 0.0588. The molecule has 0 amide bonds. The Morgan fingerprint density at radius 3 is 1.21 bits per heavy atom. The number of rotatable bonds is 4. The quantitative estimate of drug-likeness (QED) is 0.185. The Hall–Kier alpha value is 0.450. The van der Waals surface area contributed by atoms with Crippen LogP contribution in [0.2, 0.25) is 0 Å². The summed E-state index contributed by atoms with van der Waals surface area (Å²) < 4.78 is 106. The molecule has 4 aromatic rings. The molecule has 0 fully saturated rings. The summed E-state index contributed by atoms with van der Waals surface area (Å²) in [6.07, 6.45) is 0. The third-order valence-corrected chi connectivity index (χ3v) is 7.48. The molecule has 0 heterocycles. The summed E-state index contributed by atoms with van der Waals surface area (Å²) in [5.41, 5.74) is 0. The van der Waals surface area contributed by atoms with Crippen LogP contribution in [-0.2, 0) is 30.4 Å². The Labute approximate surface area is 255 Å². The van der Waals surface area contributed by atoms with Gasteiger partial charge in [0.15, 0.2) is 0 Å². The van der Waals surface area contributed by atoms with E-state index in [0.29, 0.717) is 6.07 Å².